The Morgan fingerprint density at radius 1 is 1.25 bits per heavy atom. The maximum atomic E-state index is 12.1. The summed E-state index contributed by atoms with van der Waals surface area (Å²) in [6.45, 7) is 2.23. The third kappa shape index (κ3) is 1.82. The van der Waals surface area contributed by atoms with Crippen molar-refractivity contribution < 1.29 is 14.6 Å². The molecule has 4 heteroatoms. The molecule has 1 heterocycles. The predicted octanol–water partition coefficient (Wildman–Crippen LogP) is 2.35. The molecule has 4 nitrogen and oxygen atoms in total. The van der Waals surface area contributed by atoms with Crippen molar-refractivity contribution in [2.24, 2.45) is 5.92 Å². The highest BCUT2D eigenvalue weighted by Gasteiger charge is 2.60. The van der Waals surface area contributed by atoms with Crippen LogP contribution < -0.4 is 9.64 Å². The van der Waals surface area contributed by atoms with Crippen molar-refractivity contribution in [1.29, 1.82) is 0 Å². The lowest BCUT2D eigenvalue weighted by molar-refractivity contribution is -0.146. The normalized spacial score (nSPS) is 33.1. The maximum absolute atomic E-state index is 12.1. The number of hydrogen-bond acceptors (Lipinski definition) is 3. The zero-order valence-corrected chi connectivity index (χ0v) is 12.0. The van der Waals surface area contributed by atoms with Crippen LogP contribution in [0.1, 0.15) is 32.6 Å². The molecule has 20 heavy (non-hydrogen) atoms. The quantitative estimate of drug-likeness (QED) is 0.843. The zero-order valence-electron chi connectivity index (χ0n) is 12.0. The Balaban J connectivity index is 1.88. The fraction of sp³-hybridized carbons (Fsp3) is 0.562. The van der Waals surface area contributed by atoms with Gasteiger partial charge in [-0.2, -0.15) is 0 Å². The first kappa shape index (κ1) is 13.4. The van der Waals surface area contributed by atoms with Crippen LogP contribution in [0.5, 0.6) is 5.75 Å². The number of β-lactam (4-membered cyclic amide) rings is 1. The van der Waals surface area contributed by atoms with Crippen molar-refractivity contribution in [3.63, 3.8) is 0 Å². The zero-order chi connectivity index (χ0) is 14.3. The third-order valence-corrected chi connectivity index (χ3v) is 4.88. The van der Waals surface area contributed by atoms with E-state index in [1.54, 1.807) is 12.0 Å². The minimum absolute atomic E-state index is 0.176. The van der Waals surface area contributed by atoms with E-state index >= 15 is 0 Å². The number of hydrogen-bond donors (Lipinski definition) is 1. The summed E-state index contributed by atoms with van der Waals surface area (Å²) in [6, 6.07) is 7.49. The van der Waals surface area contributed by atoms with Crippen LogP contribution in [0.15, 0.2) is 24.3 Å². The maximum Gasteiger partial charge on any atom is 0.258 e. The first-order valence-corrected chi connectivity index (χ1v) is 7.25. The van der Waals surface area contributed by atoms with Gasteiger partial charge in [-0.25, -0.2) is 0 Å². The molecule has 1 saturated heterocycles. The van der Waals surface area contributed by atoms with Gasteiger partial charge in [0.2, 0.25) is 0 Å². The van der Waals surface area contributed by atoms with Gasteiger partial charge >= 0.3 is 0 Å². The number of methoxy groups -OCH3 is 1. The SMILES string of the molecule is COc1ccc(N2C(=O)C(O)C23CCC(C)CC3)cc1. The number of carbonyl (C=O) groups excluding carboxylic acids is 1. The third-order valence-electron chi connectivity index (χ3n) is 4.88. The minimum Gasteiger partial charge on any atom is -0.497 e. The topological polar surface area (TPSA) is 49.8 Å². The second-order valence-electron chi connectivity index (χ2n) is 6.06. The summed E-state index contributed by atoms with van der Waals surface area (Å²) in [4.78, 5) is 13.9. The average molecular weight is 275 g/mol. The Morgan fingerprint density at radius 2 is 1.85 bits per heavy atom. The van der Waals surface area contributed by atoms with Gasteiger partial charge in [-0.15, -0.1) is 0 Å². The van der Waals surface area contributed by atoms with Crippen LogP contribution in [-0.4, -0.2) is 29.8 Å². The average Bonchev–Trinajstić information content (AvgIpc) is 2.49. The Kier molecular flexibility index (Phi) is 3.21. The molecule has 108 valence electrons. The van der Waals surface area contributed by atoms with E-state index in [0.29, 0.717) is 5.92 Å². The molecule has 1 N–H and O–H groups in total. The summed E-state index contributed by atoms with van der Waals surface area (Å²) in [5.41, 5.74) is 0.480. The van der Waals surface area contributed by atoms with E-state index in [4.69, 9.17) is 4.74 Å². The van der Waals surface area contributed by atoms with E-state index in [9.17, 15) is 9.90 Å². The van der Waals surface area contributed by atoms with Gasteiger partial charge in [0.15, 0.2) is 6.10 Å². The van der Waals surface area contributed by atoms with Gasteiger partial charge in [0, 0.05) is 5.69 Å². The molecule has 2 fully saturated rings. The lowest BCUT2D eigenvalue weighted by Gasteiger charge is -2.58. The molecular weight excluding hydrogens is 254 g/mol. The second kappa shape index (κ2) is 4.77. The Bertz CT molecular complexity index is 503. The predicted molar refractivity (Wildman–Crippen MR) is 76.8 cm³/mol. The van der Waals surface area contributed by atoms with E-state index in [1.165, 1.54) is 0 Å². The number of anilines is 1. The molecule has 1 atom stereocenters. The summed E-state index contributed by atoms with van der Waals surface area (Å²) in [5, 5.41) is 10.2. The summed E-state index contributed by atoms with van der Waals surface area (Å²) in [5.74, 6) is 1.28. The van der Waals surface area contributed by atoms with Crippen molar-refractivity contribution in [2.75, 3.05) is 12.0 Å². The van der Waals surface area contributed by atoms with E-state index in [-0.39, 0.29) is 11.4 Å². The molecule has 1 aliphatic heterocycles. The number of ether oxygens (including phenoxy) is 1. The molecule has 1 amide bonds. The molecule has 1 aromatic rings. The molecule has 2 aliphatic rings. The number of benzene rings is 1. The lowest BCUT2D eigenvalue weighted by Crippen LogP contribution is -2.75. The smallest absolute Gasteiger partial charge is 0.258 e. The van der Waals surface area contributed by atoms with Crippen molar-refractivity contribution >= 4 is 11.6 Å². The highest BCUT2D eigenvalue weighted by Crippen LogP contribution is 2.48. The second-order valence-corrected chi connectivity index (χ2v) is 6.06. The molecule has 0 radical (unpaired) electrons. The molecule has 3 rings (SSSR count). The molecule has 0 bridgehead atoms. The molecular formula is C16H21NO3. The van der Waals surface area contributed by atoms with Gasteiger partial charge in [-0.1, -0.05) is 6.92 Å². The minimum atomic E-state index is -0.836. The van der Waals surface area contributed by atoms with Crippen LogP contribution in [0.25, 0.3) is 0 Å². The first-order valence-electron chi connectivity index (χ1n) is 7.25. The van der Waals surface area contributed by atoms with Crippen molar-refractivity contribution in [3.8, 4) is 5.75 Å². The fourth-order valence-corrected chi connectivity index (χ4v) is 3.50. The largest absolute Gasteiger partial charge is 0.497 e. The number of rotatable bonds is 2. The van der Waals surface area contributed by atoms with E-state index < -0.39 is 6.10 Å². The molecule has 1 aliphatic carbocycles. The van der Waals surface area contributed by atoms with Crippen LogP contribution >= 0.6 is 0 Å². The van der Waals surface area contributed by atoms with Crippen LogP contribution in [0.4, 0.5) is 5.69 Å². The summed E-state index contributed by atoms with van der Waals surface area (Å²) >= 11 is 0. The van der Waals surface area contributed by atoms with Gasteiger partial charge in [0.1, 0.15) is 5.75 Å². The Labute approximate surface area is 119 Å². The number of nitrogens with zero attached hydrogens (tertiary/aromatic N) is 1. The fourth-order valence-electron chi connectivity index (χ4n) is 3.50. The molecule has 1 saturated carbocycles. The van der Waals surface area contributed by atoms with E-state index in [1.807, 2.05) is 24.3 Å². The standard InChI is InChI=1S/C16H21NO3/c1-11-7-9-16(10-8-11)14(18)15(19)17(16)12-3-5-13(20-2)6-4-12/h3-6,11,14,18H,7-10H2,1-2H3. The summed E-state index contributed by atoms with van der Waals surface area (Å²) in [7, 11) is 1.62. The molecule has 0 aromatic heterocycles. The monoisotopic (exact) mass is 275 g/mol. The highest BCUT2D eigenvalue weighted by molar-refractivity contribution is 6.06. The van der Waals surface area contributed by atoms with Crippen LogP contribution in [-0.2, 0) is 4.79 Å². The van der Waals surface area contributed by atoms with Crippen LogP contribution in [0.3, 0.4) is 0 Å². The van der Waals surface area contributed by atoms with Gasteiger partial charge < -0.3 is 14.7 Å². The van der Waals surface area contributed by atoms with E-state index in [2.05, 4.69) is 6.92 Å². The number of amides is 1. The van der Waals surface area contributed by atoms with Gasteiger partial charge in [0.25, 0.3) is 5.91 Å². The molecule has 1 aromatic carbocycles. The Morgan fingerprint density at radius 3 is 2.40 bits per heavy atom. The van der Waals surface area contributed by atoms with Gasteiger partial charge in [0.05, 0.1) is 12.6 Å². The number of aliphatic hydroxyl groups excluding tert-OH is 1. The van der Waals surface area contributed by atoms with Crippen molar-refractivity contribution in [1.82, 2.24) is 0 Å². The van der Waals surface area contributed by atoms with Gasteiger partial charge in [-0.05, 0) is 55.9 Å². The van der Waals surface area contributed by atoms with Crippen molar-refractivity contribution in [2.45, 2.75) is 44.2 Å². The van der Waals surface area contributed by atoms with Crippen molar-refractivity contribution in [3.05, 3.63) is 24.3 Å². The summed E-state index contributed by atoms with van der Waals surface area (Å²) in [6.07, 6.45) is 3.06. The summed E-state index contributed by atoms with van der Waals surface area (Å²) < 4.78 is 5.15. The first-order chi connectivity index (χ1) is 9.58. The van der Waals surface area contributed by atoms with Crippen LogP contribution in [0.2, 0.25) is 0 Å². The lowest BCUT2D eigenvalue weighted by atomic mass is 9.67. The van der Waals surface area contributed by atoms with Crippen LogP contribution in [0, 0.1) is 5.92 Å². The Hall–Kier alpha value is -1.55. The van der Waals surface area contributed by atoms with Gasteiger partial charge in [-0.3, -0.25) is 4.79 Å². The number of aliphatic hydroxyl groups is 1. The molecule has 1 unspecified atom stereocenters. The van der Waals surface area contributed by atoms with E-state index in [0.717, 1.165) is 37.1 Å². The molecule has 1 spiro atoms. The highest BCUT2D eigenvalue weighted by atomic mass is 16.5. The number of carbonyl (C=O) groups is 1.